The summed E-state index contributed by atoms with van der Waals surface area (Å²) in [5, 5.41) is 18.1. The van der Waals surface area contributed by atoms with Gasteiger partial charge in [0.2, 0.25) is 0 Å². The predicted octanol–water partition coefficient (Wildman–Crippen LogP) is 1.88. The van der Waals surface area contributed by atoms with E-state index in [1.165, 1.54) is 4.57 Å². The van der Waals surface area contributed by atoms with Gasteiger partial charge in [-0.3, -0.25) is 0 Å². The van der Waals surface area contributed by atoms with Crippen molar-refractivity contribution in [1.29, 1.82) is 0 Å². The number of nitrogens with zero attached hydrogens (tertiary/aromatic N) is 2. The van der Waals surface area contributed by atoms with Crippen LogP contribution in [0.25, 0.3) is 11.0 Å². The van der Waals surface area contributed by atoms with Gasteiger partial charge in [-0.15, -0.1) is 0 Å². The number of halogens is 3. The molecule has 1 atom stereocenters. The van der Waals surface area contributed by atoms with Gasteiger partial charge < -0.3 is 14.8 Å². The molecule has 0 radical (unpaired) electrons. The highest BCUT2D eigenvalue weighted by atomic mass is 19.4. The summed E-state index contributed by atoms with van der Waals surface area (Å²) in [4.78, 5) is 4.26. The van der Waals surface area contributed by atoms with Crippen LogP contribution in [-0.4, -0.2) is 38.7 Å². The van der Waals surface area contributed by atoms with Crippen molar-refractivity contribution in [3.8, 4) is 0 Å². The van der Waals surface area contributed by atoms with E-state index in [1.54, 1.807) is 24.3 Å². The summed E-state index contributed by atoms with van der Waals surface area (Å²) >= 11 is 0. The van der Waals surface area contributed by atoms with Crippen LogP contribution in [0.4, 0.5) is 13.2 Å². The summed E-state index contributed by atoms with van der Waals surface area (Å²) in [5.74, 6) is 0.434. The number of aryl methyl sites for hydroxylation is 1. The highest BCUT2D eigenvalue weighted by molar-refractivity contribution is 5.75. The number of alkyl halides is 3. The Morgan fingerprint density at radius 3 is 2.60 bits per heavy atom. The minimum Gasteiger partial charge on any atom is -0.396 e. The second-order valence-corrected chi connectivity index (χ2v) is 4.51. The van der Waals surface area contributed by atoms with E-state index in [9.17, 15) is 18.3 Å². The standard InChI is InChI=1S/C13H15F3N2O2/c14-13(15,16)11(20)8-18-10-5-2-1-4-9(10)17-12(18)6-3-7-19/h1-2,4-5,11,19-20H,3,6-8H2/t11-/m1/s1. The van der Waals surface area contributed by atoms with Crippen LogP contribution in [0.5, 0.6) is 0 Å². The van der Waals surface area contributed by atoms with Crippen molar-refractivity contribution in [2.24, 2.45) is 0 Å². The fourth-order valence-electron chi connectivity index (χ4n) is 2.03. The van der Waals surface area contributed by atoms with Crippen molar-refractivity contribution in [2.75, 3.05) is 6.61 Å². The number of fused-ring (bicyclic) bond motifs is 1. The number of hydrogen-bond donors (Lipinski definition) is 2. The third-order valence-corrected chi connectivity index (χ3v) is 3.03. The van der Waals surface area contributed by atoms with Gasteiger partial charge in [0.25, 0.3) is 0 Å². The summed E-state index contributed by atoms with van der Waals surface area (Å²) in [5.41, 5.74) is 1.12. The Morgan fingerprint density at radius 2 is 1.95 bits per heavy atom. The SMILES string of the molecule is OCCCc1nc2ccccc2n1C[C@@H](O)C(F)(F)F. The van der Waals surface area contributed by atoms with Crippen molar-refractivity contribution in [2.45, 2.75) is 31.7 Å². The van der Waals surface area contributed by atoms with Crippen molar-refractivity contribution in [1.82, 2.24) is 9.55 Å². The number of aromatic nitrogens is 2. The van der Waals surface area contributed by atoms with Crippen molar-refractivity contribution >= 4 is 11.0 Å². The van der Waals surface area contributed by atoms with Crippen LogP contribution in [0.2, 0.25) is 0 Å². The van der Waals surface area contributed by atoms with Gasteiger partial charge in [0, 0.05) is 13.0 Å². The summed E-state index contributed by atoms with van der Waals surface area (Å²) in [6.07, 6.45) is -6.34. The molecular weight excluding hydrogens is 273 g/mol. The maximum Gasteiger partial charge on any atom is 0.416 e. The molecule has 2 rings (SSSR count). The second kappa shape index (κ2) is 5.80. The first-order valence-corrected chi connectivity index (χ1v) is 6.23. The summed E-state index contributed by atoms with van der Waals surface area (Å²) in [7, 11) is 0. The number of aliphatic hydroxyl groups excluding tert-OH is 2. The Bertz CT molecular complexity index is 580. The maximum absolute atomic E-state index is 12.5. The molecule has 0 aliphatic rings. The molecule has 2 aromatic rings. The number of aliphatic hydroxyl groups is 2. The average molecular weight is 288 g/mol. The van der Waals surface area contributed by atoms with Crippen LogP contribution in [0, 0.1) is 0 Å². The fraction of sp³-hybridized carbons (Fsp3) is 0.462. The largest absolute Gasteiger partial charge is 0.416 e. The maximum atomic E-state index is 12.5. The smallest absolute Gasteiger partial charge is 0.396 e. The van der Waals surface area contributed by atoms with Crippen LogP contribution in [0.1, 0.15) is 12.2 Å². The number of imidazole rings is 1. The van der Waals surface area contributed by atoms with E-state index >= 15 is 0 Å². The predicted molar refractivity (Wildman–Crippen MR) is 67.2 cm³/mol. The van der Waals surface area contributed by atoms with Crippen LogP contribution in [0.3, 0.4) is 0 Å². The Hall–Kier alpha value is -1.60. The van der Waals surface area contributed by atoms with Gasteiger partial charge in [0.1, 0.15) is 5.82 Å². The normalized spacial score (nSPS) is 13.8. The van der Waals surface area contributed by atoms with E-state index in [2.05, 4.69) is 4.98 Å². The molecular formula is C13H15F3N2O2. The van der Waals surface area contributed by atoms with E-state index in [1.807, 2.05) is 0 Å². The van der Waals surface area contributed by atoms with E-state index in [0.717, 1.165) is 0 Å². The molecule has 20 heavy (non-hydrogen) atoms. The molecule has 0 bridgehead atoms. The van der Waals surface area contributed by atoms with Gasteiger partial charge in [0.05, 0.1) is 17.6 Å². The zero-order valence-corrected chi connectivity index (χ0v) is 10.6. The molecule has 1 heterocycles. The number of para-hydroxylation sites is 2. The van der Waals surface area contributed by atoms with Crippen LogP contribution in [-0.2, 0) is 13.0 Å². The monoisotopic (exact) mass is 288 g/mol. The van der Waals surface area contributed by atoms with Gasteiger partial charge in [-0.2, -0.15) is 13.2 Å². The quantitative estimate of drug-likeness (QED) is 0.883. The Balaban J connectivity index is 2.37. The third kappa shape index (κ3) is 3.10. The van der Waals surface area contributed by atoms with E-state index in [0.29, 0.717) is 29.7 Å². The van der Waals surface area contributed by atoms with Crippen molar-refractivity contribution < 1.29 is 23.4 Å². The van der Waals surface area contributed by atoms with E-state index in [4.69, 9.17) is 5.11 Å². The molecule has 0 saturated carbocycles. The van der Waals surface area contributed by atoms with Gasteiger partial charge in [-0.05, 0) is 18.6 Å². The van der Waals surface area contributed by atoms with E-state index < -0.39 is 18.8 Å². The molecule has 7 heteroatoms. The fourth-order valence-corrected chi connectivity index (χ4v) is 2.03. The molecule has 110 valence electrons. The Kier molecular flexibility index (Phi) is 4.29. The number of benzene rings is 1. The molecule has 0 amide bonds. The first kappa shape index (κ1) is 14.8. The summed E-state index contributed by atoms with van der Waals surface area (Å²) in [6.45, 7) is -0.657. The molecule has 0 spiro atoms. The highest BCUT2D eigenvalue weighted by Crippen LogP contribution is 2.24. The summed E-state index contributed by atoms with van der Waals surface area (Å²) < 4.78 is 38.9. The number of hydrogen-bond acceptors (Lipinski definition) is 3. The van der Waals surface area contributed by atoms with Crippen molar-refractivity contribution in [3.05, 3.63) is 30.1 Å². The molecule has 1 aromatic carbocycles. The highest BCUT2D eigenvalue weighted by Gasteiger charge is 2.38. The lowest BCUT2D eigenvalue weighted by Gasteiger charge is -2.17. The lowest BCUT2D eigenvalue weighted by Crippen LogP contribution is -2.33. The lowest BCUT2D eigenvalue weighted by molar-refractivity contribution is -0.207. The molecule has 0 unspecified atom stereocenters. The minimum absolute atomic E-state index is 0.0645. The molecule has 0 aliphatic heterocycles. The van der Waals surface area contributed by atoms with Crippen LogP contribution in [0.15, 0.2) is 24.3 Å². The minimum atomic E-state index is -4.67. The van der Waals surface area contributed by atoms with Crippen molar-refractivity contribution in [3.63, 3.8) is 0 Å². The molecule has 0 aliphatic carbocycles. The van der Waals surface area contributed by atoms with Crippen LogP contribution < -0.4 is 0 Å². The Morgan fingerprint density at radius 1 is 1.25 bits per heavy atom. The number of rotatable bonds is 5. The molecule has 1 aromatic heterocycles. The summed E-state index contributed by atoms with van der Waals surface area (Å²) in [6, 6.07) is 6.81. The Labute approximate surface area is 113 Å². The van der Waals surface area contributed by atoms with E-state index in [-0.39, 0.29) is 6.61 Å². The first-order chi connectivity index (χ1) is 9.43. The first-order valence-electron chi connectivity index (χ1n) is 6.23. The zero-order valence-electron chi connectivity index (χ0n) is 10.6. The van der Waals surface area contributed by atoms with Gasteiger partial charge >= 0.3 is 6.18 Å². The molecule has 2 N–H and O–H groups in total. The zero-order chi connectivity index (χ0) is 14.8. The second-order valence-electron chi connectivity index (χ2n) is 4.51. The van der Waals surface area contributed by atoms with Gasteiger partial charge in [-0.1, -0.05) is 12.1 Å². The van der Waals surface area contributed by atoms with Gasteiger partial charge in [-0.25, -0.2) is 4.98 Å². The molecule has 0 fully saturated rings. The lowest BCUT2D eigenvalue weighted by atomic mass is 10.2. The topological polar surface area (TPSA) is 58.3 Å². The molecule has 0 saturated heterocycles. The average Bonchev–Trinajstić information content (AvgIpc) is 2.73. The van der Waals surface area contributed by atoms with Gasteiger partial charge in [0.15, 0.2) is 6.10 Å². The third-order valence-electron chi connectivity index (χ3n) is 3.03. The van der Waals surface area contributed by atoms with Crippen LogP contribution >= 0.6 is 0 Å². The molecule has 4 nitrogen and oxygen atoms in total.